The van der Waals surface area contributed by atoms with Crippen LogP contribution in [0.2, 0.25) is 0 Å². The molecule has 3 nitrogen and oxygen atoms in total. The van der Waals surface area contributed by atoms with E-state index in [2.05, 4.69) is 12.2 Å². The number of rotatable bonds is 7. The standard InChI is InChI=1S/C12H22ClNO2/c1-3-5-10(13)9-14-11(15)8-12(16-2)6-4-7-12/h10H,3-9H2,1-2H3,(H,14,15). The summed E-state index contributed by atoms with van der Waals surface area (Å²) in [4.78, 5) is 11.7. The molecule has 0 spiro atoms. The van der Waals surface area contributed by atoms with E-state index in [1.54, 1.807) is 7.11 Å². The van der Waals surface area contributed by atoms with E-state index in [9.17, 15) is 4.79 Å². The van der Waals surface area contributed by atoms with E-state index in [-0.39, 0.29) is 16.9 Å². The third-order valence-electron chi connectivity index (χ3n) is 3.30. The molecular formula is C12H22ClNO2. The molecule has 1 unspecified atom stereocenters. The van der Waals surface area contributed by atoms with Gasteiger partial charge in [-0.3, -0.25) is 4.79 Å². The highest BCUT2D eigenvalue weighted by atomic mass is 35.5. The summed E-state index contributed by atoms with van der Waals surface area (Å²) in [5, 5.41) is 2.92. The summed E-state index contributed by atoms with van der Waals surface area (Å²) in [6.45, 7) is 2.65. The summed E-state index contributed by atoms with van der Waals surface area (Å²) in [6, 6.07) is 0. The van der Waals surface area contributed by atoms with Gasteiger partial charge in [0.2, 0.25) is 5.91 Å². The molecule has 4 heteroatoms. The fraction of sp³-hybridized carbons (Fsp3) is 0.917. The first-order valence-electron chi connectivity index (χ1n) is 6.08. The predicted octanol–water partition coefficient (Wildman–Crippen LogP) is 2.47. The Morgan fingerprint density at radius 3 is 2.69 bits per heavy atom. The maximum absolute atomic E-state index is 11.7. The third kappa shape index (κ3) is 3.95. The summed E-state index contributed by atoms with van der Waals surface area (Å²) < 4.78 is 5.40. The second-order valence-corrected chi connectivity index (χ2v) is 5.22. The fourth-order valence-electron chi connectivity index (χ4n) is 2.02. The molecule has 1 aliphatic carbocycles. The van der Waals surface area contributed by atoms with Crippen molar-refractivity contribution in [3.8, 4) is 0 Å². The SMILES string of the molecule is CCCC(Cl)CNC(=O)CC1(OC)CCC1. The van der Waals surface area contributed by atoms with Crippen molar-refractivity contribution in [2.75, 3.05) is 13.7 Å². The molecule has 94 valence electrons. The molecule has 1 aliphatic rings. The monoisotopic (exact) mass is 247 g/mol. The predicted molar refractivity (Wildman–Crippen MR) is 65.8 cm³/mol. The molecule has 0 aromatic carbocycles. The molecule has 0 aromatic heterocycles. The Morgan fingerprint density at radius 1 is 1.56 bits per heavy atom. The van der Waals surface area contributed by atoms with Crippen molar-refractivity contribution in [2.45, 2.75) is 56.4 Å². The number of carbonyl (C=O) groups is 1. The zero-order chi connectivity index (χ0) is 12.0. The lowest BCUT2D eigenvalue weighted by molar-refractivity contribution is -0.134. The topological polar surface area (TPSA) is 38.3 Å². The van der Waals surface area contributed by atoms with Gasteiger partial charge in [-0.25, -0.2) is 0 Å². The van der Waals surface area contributed by atoms with Crippen molar-refractivity contribution in [1.82, 2.24) is 5.32 Å². The highest BCUT2D eigenvalue weighted by Gasteiger charge is 2.38. The van der Waals surface area contributed by atoms with Crippen molar-refractivity contribution in [2.24, 2.45) is 0 Å². The van der Waals surface area contributed by atoms with Crippen LogP contribution in [0.15, 0.2) is 0 Å². The third-order valence-corrected chi connectivity index (χ3v) is 3.68. The second kappa shape index (κ2) is 6.45. The molecule has 0 aliphatic heterocycles. The van der Waals surface area contributed by atoms with Gasteiger partial charge in [0, 0.05) is 13.7 Å². The largest absolute Gasteiger partial charge is 0.378 e. The molecule has 0 heterocycles. The normalized spacial score (nSPS) is 19.9. The Kier molecular flexibility index (Phi) is 5.56. The van der Waals surface area contributed by atoms with Crippen LogP contribution in [0.4, 0.5) is 0 Å². The van der Waals surface area contributed by atoms with E-state index in [4.69, 9.17) is 16.3 Å². The van der Waals surface area contributed by atoms with E-state index in [0.717, 1.165) is 32.1 Å². The number of alkyl halides is 1. The number of hydrogen-bond donors (Lipinski definition) is 1. The molecule has 0 saturated heterocycles. The fourth-order valence-corrected chi connectivity index (χ4v) is 2.31. The van der Waals surface area contributed by atoms with Crippen LogP contribution in [0.3, 0.4) is 0 Å². The zero-order valence-electron chi connectivity index (χ0n) is 10.2. The lowest BCUT2D eigenvalue weighted by atomic mass is 9.77. The number of nitrogens with one attached hydrogen (secondary N) is 1. The van der Waals surface area contributed by atoms with Gasteiger partial charge in [-0.1, -0.05) is 13.3 Å². The van der Waals surface area contributed by atoms with Gasteiger partial charge >= 0.3 is 0 Å². The highest BCUT2D eigenvalue weighted by molar-refractivity contribution is 6.20. The molecule has 0 bridgehead atoms. The summed E-state index contributed by atoms with van der Waals surface area (Å²) in [5.74, 6) is 0.0586. The van der Waals surface area contributed by atoms with E-state index < -0.39 is 0 Å². The molecular weight excluding hydrogens is 226 g/mol. The number of amides is 1. The minimum Gasteiger partial charge on any atom is -0.378 e. The lowest BCUT2D eigenvalue weighted by Gasteiger charge is -2.39. The van der Waals surface area contributed by atoms with Gasteiger partial charge in [0.1, 0.15) is 0 Å². The number of hydrogen-bond acceptors (Lipinski definition) is 2. The van der Waals surface area contributed by atoms with Gasteiger partial charge in [-0.05, 0) is 25.7 Å². The van der Waals surface area contributed by atoms with Gasteiger partial charge in [0.05, 0.1) is 17.4 Å². The zero-order valence-corrected chi connectivity index (χ0v) is 11.0. The van der Waals surface area contributed by atoms with Gasteiger partial charge in [-0.15, -0.1) is 11.6 Å². The average Bonchev–Trinajstić information content (AvgIpc) is 2.21. The van der Waals surface area contributed by atoms with Crippen molar-refractivity contribution >= 4 is 17.5 Å². The van der Waals surface area contributed by atoms with Gasteiger partial charge < -0.3 is 10.1 Å². The lowest BCUT2D eigenvalue weighted by Crippen LogP contribution is -2.44. The summed E-state index contributed by atoms with van der Waals surface area (Å²) in [5.41, 5.74) is -0.184. The molecule has 1 amide bonds. The van der Waals surface area contributed by atoms with E-state index in [0.29, 0.717) is 13.0 Å². The highest BCUT2D eigenvalue weighted by Crippen LogP contribution is 2.37. The number of methoxy groups -OCH3 is 1. The molecule has 0 aromatic rings. The maximum atomic E-state index is 11.7. The molecule has 1 N–H and O–H groups in total. The number of carbonyl (C=O) groups excluding carboxylic acids is 1. The number of halogens is 1. The van der Waals surface area contributed by atoms with Crippen molar-refractivity contribution in [3.05, 3.63) is 0 Å². The summed E-state index contributed by atoms with van der Waals surface area (Å²) >= 11 is 6.03. The Bertz CT molecular complexity index is 224. The van der Waals surface area contributed by atoms with Crippen LogP contribution in [0.1, 0.15) is 45.4 Å². The molecule has 1 rings (SSSR count). The first-order chi connectivity index (χ1) is 7.62. The number of ether oxygens (including phenoxy) is 1. The Balaban J connectivity index is 2.20. The van der Waals surface area contributed by atoms with Crippen molar-refractivity contribution in [1.29, 1.82) is 0 Å². The van der Waals surface area contributed by atoms with Crippen LogP contribution in [0, 0.1) is 0 Å². The van der Waals surface area contributed by atoms with E-state index in [1.165, 1.54) is 0 Å². The molecule has 0 radical (unpaired) electrons. The van der Waals surface area contributed by atoms with Crippen LogP contribution in [0.5, 0.6) is 0 Å². The van der Waals surface area contributed by atoms with Gasteiger partial charge in [0.25, 0.3) is 0 Å². The Hall–Kier alpha value is -0.280. The molecule has 1 saturated carbocycles. The smallest absolute Gasteiger partial charge is 0.222 e. The minimum absolute atomic E-state index is 0.0498. The summed E-state index contributed by atoms with van der Waals surface area (Å²) in [6.07, 6.45) is 5.62. The maximum Gasteiger partial charge on any atom is 0.222 e. The van der Waals surface area contributed by atoms with Crippen molar-refractivity contribution in [3.63, 3.8) is 0 Å². The first kappa shape index (κ1) is 13.8. The molecule has 1 atom stereocenters. The first-order valence-corrected chi connectivity index (χ1v) is 6.51. The molecule has 16 heavy (non-hydrogen) atoms. The summed E-state index contributed by atoms with van der Waals surface area (Å²) in [7, 11) is 1.69. The average molecular weight is 248 g/mol. The van der Waals surface area contributed by atoms with Crippen LogP contribution in [-0.2, 0) is 9.53 Å². The Morgan fingerprint density at radius 2 is 2.25 bits per heavy atom. The van der Waals surface area contributed by atoms with Gasteiger partial charge in [0.15, 0.2) is 0 Å². The van der Waals surface area contributed by atoms with Crippen molar-refractivity contribution < 1.29 is 9.53 Å². The Labute approximate surface area is 103 Å². The van der Waals surface area contributed by atoms with Crippen LogP contribution in [0.25, 0.3) is 0 Å². The molecule has 1 fully saturated rings. The van der Waals surface area contributed by atoms with E-state index in [1.807, 2.05) is 0 Å². The second-order valence-electron chi connectivity index (χ2n) is 4.61. The minimum atomic E-state index is -0.184. The van der Waals surface area contributed by atoms with Crippen LogP contribution in [-0.4, -0.2) is 30.5 Å². The van der Waals surface area contributed by atoms with E-state index >= 15 is 0 Å². The quantitative estimate of drug-likeness (QED) is 0.702. The van der Waals surface area contributed by atoms with Gasteiger partial charge in [-0.2, -0.15) is 0 Å². The van der Waals surface area contributed by atoms with Crippen LogP contribution < -0.4 is 5.32 Å². The van der Waals surface area contributed by atoms with Crippen LogP contribution >= 0.6 is 11.6 Å².